The van der Waals surface area contributed by atoms with Gasteiger partial charge in [-0.25, -0.2) is 13.2 Å². The number of carbonyl (C=O) groups excluding carboxylic acids is 1. The van der Waals surface area contributed by atoms with Crippen LogP contribution in [0.5, 0.6) is 0 Å². The average molecular weight is 373 g/mol. The summed E-state index contributed by atoms with van der Waals surface area (Å²) in [6.07, 6.45) is 3.35. The van der Waals surface area contributed by atoms with Gasteiger partial charge in [0.05, 0.1) is 12.3 Å². The molecule has 1 fully saturated rings. The van der Waals surface area contributed by atoms with E-state index in [1.807, 2.05) is 36.4 Å². The van der Waals surface area contributed by atoms with Gasteiger partial charge in [0.2, 0.25) is 10.0 Å². The molecule has 0 aromatic heterocycles. The van der Waals surface area contributed by atoms with Crippen LogP contribution in [-0.2, 0) is 16.6 Å². The summed E-state index contributed by atoms with van der Waals surface area (Å²) in [7, 11) is -3.32. The molecule has 0 unspecified atom stereocenters. The van der Waals surface area contributed by atoms with Crippen LogP contribution in [0.25, 0.3) is 0 Å². The van der Waals surface area contributed by atoms with Crippen LogP contribution >= 0.6 is 0 Å². The Balaban J connectivity index is 1.58. The van der Waals surface area contributed by atoms with Crippen LogP contribution in [0.3, 0.4) is 0 Å². The van der Waals surface area contributed by atoms with Gasteiger partial charge >= 0.3 is 6.03 Å². The number of hydrogen-bond acceptors (Lipinski definition) is 3. The van der Waals surface area contributed by atoms with Crippen LogP contribution in [0.4, 0.5) is 10.5 Å². The Kier molecular flexibility index (Phi) is 5.46. The van der Waals surface area contributed by atoms with Gasteiger partial charge in [0.25, 0.3) is 0 Å². The number of urea groups is 1. The van der Waals surface area contributed by atoms with Gasteiger partial charge in [0.15, 0.2) is 0 Å². The fourth-order valence-corrected chi connectivity index (χ4v) is 3.45. The number of nitrogens with one attached hydrogen (secondary N) is 3. The second-order valence-electron chi connectivity index (χ2n) is 6.63. The minimum atomic E-state index is -3.32. The number of anilines is 1. The van der Waals surface area contributed by atoms with Crippen LogP contribution in [0.2, 0.25) is 0 Å². The van der Waals surface area contributed by atoms with Crippen molar-refractivity contribution in [2.75, 3.05) is 11.0 Å². The minimum Gasteiger partial charge on any atom is -0.334 e. The first kappa shape index (κ1) is 18.3. The summed E-state index contributed by atoms with van der Waals surface area (Å²) in [4.78, 5) is 12.3. The summed E-state index contributed by atoms with van der Waals surface area (Å²) in [5.74, 6) is 0.491. The Labute approximate surface area is 154 Å². The van der Waals surface area contributed by atoms with E-state index in [1.54, 1.807) is 18.2 Å². The standard InChI is InChI=1S/C19H23N3O3S/c1-26(24,25)22-17-9-5-6-14(12-17)13-20-19(23)21-18(16-10-11-16)15-7-3-2-4-8-15/h2-9,12,16,18,22H,10-11,13H2,1H3,(H2,20,21,23)/t18-/m1/s1. The molecule has 2 aromatic rings. The second kappa shape index (κ2) is 7.78. The molecule has 3 rings (SSSR count). The summed E-state index contributed by atoms with van der Waals surface area (Å²) in [6, 6.07) is 16.7. The van der Waals surface area contributed by atoms with E-state index in [0.717, 1.165) is 30.2 Å². The van der Waals surface area contributed by atoms with Crippen molar-refractivity contribution in [1.29, 1.82) is 0 Å². The van der Waals surface area contributed by atoms with Gasteiger partial charge in [-0.15, -0.1) is 0 Å². The Morgan fingerprint density at radius 1 is 1.12 bits per heavy atom. The first-order valence-electron chi connectivity index (χ1n) is 8.57. The number of rotatable bonds is 7. The molecule has 0 bridgehead atoms. The fraction of sp³-hybridized carbons (Fsp3) is 0.316. The van der Waals surface area contributed by atoms with Gasteiger partial charge in [0.1, 0.15) is 0 Å². The monoisotopic (exact) mass is 373 g/mol. The van der Waals surface area contributed by atoms with Crippen molar-refractivity contribution in [3.8, 4) is 0 Å². The third-order valence-corrected chi connectivity index (χ3v) is 4.83. The van der Waals surface area contributed by atoms with Gasteiger partial charge in [-0.1, -0.05) is 42.5 Å². The van der Waals surface area contributed by atoms with Gasteiger partial charge in [-0.3, -0.25) is 4.72 Å². The third-order valence-electron chi connectivity index (χ3n) is 4.22. The largest absolute Gasteiger partial charge is 0.334 e. The maximum absolute atomic E-state index is 12.3. The first-order valence-corrected chi connectivity index (χ1v) is 10.5. The van der Waals surface area contributed by atoms with Crippen molar-refractivity contribution < 1.29 is 13.2 Å². The van der Waals surface area contributed by atoms with E-state index in [1.165, 1.54) is 0 Å². The number of carbonyl (C=O) groups is 1. The molecule has 1 saturated carbocycles. The molecule has 0 radical (unpaired) electrons. The van der Waals surface area contributed by atoms with Crippen molar-refractivity contribution in [2.45, 2.75) is 25.4 Å². The van der Waals surface area contributed by atoms with Gasteiger partial charge in [0, 0.05) is 12.2 Å². The molecule has 0 spiro atoms. The van der Waals surface area contributed by atoms with Crippen molar-refractivity contribution >= 4 is 21.7 Å². The van der Waals surface area contributed by atoms with Crippen LogP contribution in [0.1, 0.15) is 30.0 Å². The summed E-state index contributed by atoms with van der Waals surface area (Å²) >= 11 is 0. The van der Waals surface area contributed by atoms with Crippen LogP contribution < -0.4 is 15.4 Å². The van der Waals surface area contributed by atoms with Crippen LogP contribution in [-0.4, -0.2) is 20.7 Å². The quantitative estimate of drug-likeness (QED) is 0.697. The molecule has 0 saturated heterocycles. The Hall–Kier alpha value is -2.54. The lowest BCUT2D eigenvalue weighted by Gasteiger charge is -2.19. The zero-order chi connectivity index (χ0) is 18.6. The molecule has 1 aliphatic carbocycles. The third kappa shape index (κ3) is 5.49. The smallest absolute Gasteiger partial charge is 0.315 e. The number of sulfonamides is 1. The lowest BCUT2D eigenvalue weighted by Crippen LogP contribution is -2.38. The average Bonchev–Trinajstić information content (AvgIpc) is 3.42. The SMILES string of the molecule is CS(=O)(=O)Nc1cccc(CNC(=O)N[C@H](c2ccccc2)C2CC2)c1. The molecule has 0 aliphatic heterocycles. The highest BCUT2D eigenvalue weighted by Crippen LogP contribution is 2.40. The molecular weight excluding hydrogens is 350 g/mol. The maximum atomic E-state index is 12.3. The predicted molar refractivity (Wildman–Crippen MR) is 102 cm³/mol. The summed E-state index contributed by atoms with van der Waals surface area (Å²) in [5.41, 5.74) is 2.41. The van der Waals surface area contributed by atoms with E-state index < -0.39 is 10.0 Å². The van der Waals surface area contributed by atoms with E-state index in [9.17, 15) is 13.2 Å². The van der Waals surface area contributed by atoms with Gasteiger partial charge in [-0.2, -0.15) is 0 Å². The molecule has 2 amide bonds. The molecule has 3 N–H and O–H groups in total. The van der Waals surface area contributed by atoms with E-state index in [-0.39, 0.29) is 12.1 Å². The number of benzene rings is 2. The minimum absolute atomic E-state index is 0.0226. The summed E-state index contributed by atoms with van der Waals surface area (Å²) in [5, 5.41) is 5.90. The first-order chi connectivity index (χ1) is 12.4. The molecule has 26 heavy (non-hydrogen) atoms. The molecule has 1 aliphatic rings. The van der Waals surface area contributed by atoms with E-state index in [4.69, 9.17) is 0 Å². The highest BCUT2D eigenvalue weighted by Gasteiger charge is 2.33. The van der Waals surface area contributed by atoms with Crippen molar-refractivity contribution in [2.24, 2.45) is 5.92 Å². The molecule has 6 nitrogen and oxygen atoms in total. The summed E-state index contributed by atoms with van der Waals surface area (Å²) in [6.45, 7) is 0.317. The van der Waals surface area contributed by atoms with Crippen LogP contribution in [0.15, 0.2) is 54.6 Å². The number of amides is 2. The van der Waals surface area contributed by atoms with E-state index >= 15 is 0 Å². The zero-order valence-electron chi connectivity index (χ0n) is 14.6. The Bertz CT molecular complexity index is 865. The topological polar surface area (TPSA) is 87.3 Å². The van der Waals surface area contributed by atoms with Gasteiger partial charge in [-0.05, 0) is 42.0 Å². The van der Waals surface area contributed by atoms with Crippen molar-refractivity contribution in [3.05, 3.63) is 65.7 Å². The van der Waals surface area contributed by atoms with E-state index in [2.05, 4.69) is 15.4 Å². The number of hydrogen-bond donors (Lipinski definition) is 3. The molecular formula is C19H23N3O3S. The maximum Gasteiger partial charge on any atom is 0.315 e. The second-order valence-corrected chi connectivity index (χ2v) is 8.38. The molecule has 7 heteroatoms. The Morgan fingerprint density at radius 2 is 1.85 bits per heavy atom. The molecule has 1 atom stereocenters. The van der Waals surface area contributed by atoms with Gasteiger partial charge < -0.3 is 10.6 Å². The molecule has 138 valence electrons. The highest BCUT2D eigenvalue weighted by molar-refractivity contribution is 7.92. The van der Waals surface area contributed by atoms with Crippen LogP contribution in [0, 0.1) is 5.92 Å². The Morgan fingerprint density at radius 3 is 2.50 bits per heavy atom. The highest BCUT2D eigenvalue weighted by atomic mass is 32.2. The predicted octanol–water partition coefficient (Wildman–Crippen LogP) is 3.01. The zero-order valence-corrected chi connectivity index (χ0v) is 15.4. The molecule has 2 aromatic carbocycles. The van der Waals surface area contributed by atoms with E-state index in [0.29, 0.717) is 18.2 Å². The van der Waals surface area contributed by atoms with Crippen molar-refractivity contribution in [3.63, 3.8) is 0 Å². The lowest BCUT2D eigenvalue weighted by molar-refractivity contribution is 0.235. The normalized spacial score (nSPS) is 15.1. The van der Waals surface area contributed by atoms with Crippen molar-refractivity contribution in [1.82, 2.24) is 10.6 Å². The lowest BCUT2D eigenvalue weighted by atomic mass is 10.0. The summed E-state index contributed by atoms with van der Waals surface area (Å²) < 4.78 is 25.1. The fourth-order valence-electron chi connectivity index (χ4n) is 2.90. The molecule has 0 heterocycles.